The number of thiazole rings is 1. The van der Waals surface area contributed by atoms with Crippen molar-refractivity contribution in [2.45, 2.75) is 6.54 Å². The van der Waals surface area contributed by atoms with Crippen LogP contribution in [0.2, 0.25) is 4.47 Å². The Morgan fingerprint density at radius 3 is 2.94 bits per heavy atom. The molecule has 0 fully saturated rings. The predicted octanol–water partition coefficient (Wildman–Crippen LogP) is 4.15. The number of aromatic nitrogens is 1. The molecule has 2 rings (SSSR count). The van der Waals surface area contributed by atoms with E-state index in [1.54, 1.807) is 12.3 Å². The van der Waals surface area contributed by atoms with Crippen LogP contribution >= 0.6 is 45.5 Å². The minimum Gasteiger partial charge on any atom is -0.378 e. The molecule has 1 heterocycles. The summed E-state index contributed by atoms with van der Waals surface area (Å²) in [6, 6.07) is 5.06. The van der Waals surface area contributed by atoms with Crippen LogP contribution in [-0.2, 0) is 6.54 Å². The van der Waals surface area contributed by atoms with Gasteiger partial charge in [-0.05, 0) is 40.8 Å². The lowest BCUT2D eigenvalue weighted by Crippen LogP contribution is -1.99. The van der Waals surface area contributed by atoms with E-state index in [0.29, 0.717) is 16.7 Å². The monoisotopic (exact) mass is 368 g/mol. The number of halogens is 3. The molecule has 1 N–H and O–H groups in total. The van der Waals surface area contributed by atoms with E-state index in [4.69, 9.17) is 11.6 Å². The molecule has 0 unspecified atom stereocenters. The first kappa shape index (κ1) is 12.1. The van der Waals surface area contributed by atoms with Crippen LogP contribution in [0.3, 0.4) is 0 Å². The molecule has 0 atom stereocenters. The van der Waals surface area contributed by atoms with Crippen molar-refractivity contribution in [1.29, 1.82) is 0 Å². The third-order valence-electron chi connectivity index (χ3n) is 1.91. The Kier molecular flexibility index (Phi) is 3.99. The molecule has 2 nitrogen and oxygen atoms in total. The predicted molar refractivity (Wildman–Crippen MR) is 73.6 cm³/mol. The summed E-state index contributed by atoms with van der Waals surface area (Å²) in [7, 11) is 0. The lowest BCUT2D eigenvalue weighted by molar-refractivity contribution is 0.629. The number of anilines is 1. The van der Waals surface area contributed by atoms with E-state index < -0.39 is 0 Å². The van der Waals surface area contributed by atoms with Crippen LogP contribution in [0, 0.1) is 9.39 Å². The fourth-order valence-electron chi connectivity index (χ4n) is 1.18. The van der Waals surface area contributed by atoms with Crippen LogP contribution < -0.4 is 5.32 Å². The summed E-state index contributed by atoms with van der Waals surface area (Å²) < 4.78 is 14.8. The Morgan fingerprint density at radius 1 is 1.50 bits per heavy atom. The van der Waals surface area contributed by atoms with E-state index in [2.05, 4.69) is 32.9 Å². The van der Waals surface area contributed by atoms with Crippen LogP contribution in [0.4, 0.5) is 10.1 Å². The largest absolute Gasteiger partial charge is 0.378 e. The van der Waals surface area contributed by atoms with Crippen molar-refractivity contribution in [2.75, 3.05) is 5.32 Å². The van der Waals surface area contributed by atoms with Gasteiger partial charge in [0, 0.05) is 14.6 Å². The fourth-order valence-corrected chi connectivity index (χ4v) is 2.55. The average Bonchev–Trinajstić information content (AvgIpc) is 2.63. The molecule has 0 saturated carbocycles. The zero-order valence-corrected chi connectivity index (χ0v) is 11.7. The number of benzene rings is 1. The zero-order chi connectivity index (χ0) is 11.5. The van der Waals surface area contributed by atoms with E-state index >= 15 is 0 Å². The summed E-state index contributed by atoms with van der Waals surface area (Å²) in [6.45, 7) is 0.530. The van der Waals surface area contributed by atoms with E-state index in [9.17, 15) is 4.39 Å². The smallest absolute Gasteiger partial charge is 0.183 e. The van der Waals surface area contributed by atoms with Gasteiger partial charge in [0.05, 0.1) is 12.2 Å². The van der Waals surface area contributed by atoms with Crippen molar-refractivity contribution in [1.82, 2.24) is 4.98 Å². The van der Waals surface area contributed by atoms with Gasteiger partial charge in [-0.1, -0.05) is 11.6 Å². The molecular formula is C10H7ClFIN2S. The summed E-state index contributed by atoms with van der Waals surface area (Å²) in [5.41, 5.74) is 0.491. The highest BCUT2D eigenvalue weighted by Gasteiger charge is 2.03. The van der Waals surface area contributed by atoms with Gasteiger partial charge in [-0.15, -0.1) is 11.3 Å². The molecule has 6 heteroatoms. The van der Waals surface area contributed by atoms with E-state index in [1.165, 1.54) is 17.4 Å². The van der Waals surface area contributed by atoms with Gasteiger partial charge in [-0.3, -0.25) is 0 Å². The second kappa shape index (κ2) is 5.29. The van der Waals surface area contributed by atoms with Gasteiger partial charge in [-0.2, -0.15) is 0 Å². The SMILES string of the molecule is Fc1cc(I)ccc1NCc1cnc(Cl)s1. The van der Waals surface area contributed by atoms with Gasteiger partial charge in [0.2, 0.25) is 0 Å². The molecule has 0 amide bonds. The number of rotatable bonds is 3. The molecule has 0 bridgehead atoms. The standard InChI is InChI=1S/C10H7ClFIN2S/c11-10-15-5-7(16-10)4-14-9-2-1-6(13)3-8(9)12/h1-3,5,14H,4H2. The van der Waals surface area contributed by atoms with Gasteiger partial charge in [-0.25, -0.2) is 9.37 Å². The number of nitrogens with one attached hydrogen (secondary N) is 1. The zero-order valence-electron chi connectivity index (χ0n) is 8.01. The third-order valence-corrected chi connectivity index (χ3v) is 3.70. The highest BCUT2D eigenvalue weighted by Crippen LogP contribution is 2.21. The first-order chi connectivity index (χ1) is 7.65. The van der Waals surface area contributed by atoms with Crippen molar-refractivity contribution < 1.29 is 4.39 Å². The second-order valence-electron chi connectivity index (χ2n) is 3.06. The molecule has 2 aromatic rings. The molecule has 0 saturated heterocycles. The van der Waals surface area contributed by atoms with E-state index in [0.717, 1.165) is 8.45 Å². The first-order valence-corrected chi connectivity index (χ1v) is 6.71. The highest BCUT2D eigenvalue weighted by atomic mass is 127. The summed E-state index contributed by atoms with van der Waals surface area (Å²) in [5.74, 6) is -0.248. The Balaban J connectivity index is 2.04. The van der Waals surface area contributed by atoms with Crippen molar-refractivity contribution in [3.8, 4) is 0 Å². The van der Waals surface area contributed by atoms with Gasteiger partial charge < -0.3 is 5.32 Å². The molecule has 84 valence electrons. The minimum atomic E-state index is -0.248. The van der Waals surface area contributed by atoms with Crippen LogP contribution in [0.15, 0.2) is 24.4 Å². The van der Waals surface area contributed by atoms with E-state index in [1.807, 2.05) is 6.07 Å². The van der Waals surface area contributed by atoms with Crippen LogP contribution in [0.1, 0.15) is 4.88 Å². The molecule has 16 heavy (non-hydrogen) atoms. The fraction of sp³-hybridized carbons (Fsp3) is 0.100. The summed E-state index contributed by atoms with van der Waals surface area (Å²) in [6.07, 6.45) is 1.69. The van der Waals surface area contributed by atoms with Crippen molar-refractivity contribution in [3.63, 3.8) is 0 Å². The lowest BCUT2D eigenvalue weighted by Gasteiger charge is -2.05. The highest BCUT2D eigenvalue weighted by molar-refractivity contribution is 14.1. The normalized spacial score (nSPS) is 10.4. The second-order valence-corrected chi connectivity index (χ2v) is 6.00. The Labute approximate surface area is 115 Å². The molecule has 0 spiro atoms. The third kappa shape index (κ3) is 3.05. The Hall–Kier alpha value is -0.400. The van der Waals surface area contributed by atoms with Crippen molar-refractivity contribution in [2.24, 2.45) is 0 Å². The topological polar surface area (TPSA) is 24.9 Å². The summed E-state index contributed by atoms with van der Waals surface area (Å²) >= 11 is 9.15. The van der Waals surface area contributed by atoms with E-state index in [-0.39, 0.29) is 5.82 Å². The quantitative estimate of drug-likeness (QED) is 0.823. The maximum atomic E-state index is 13.5. The minimum absolute atomic E-state index is 0.248. The molecule has 0 aliphatic rings. The van der Waals surface area contributed by atoms with Gasteiger partial charge in [0.25, 0.3) is 0 Å². The molecular weight excluding hydrogens is 362 g/mol. The number of hydrogen-bond acceptors (Lipinski definition) is 3. The van der Waals surface area contributed by atoms with Gasteiger partial charge >= 0.3 is 0 Å². The van der Waals surface area contributed by atoms with Crippen LogP contribution in [-0.4, -0.2) is 4.98 Å². The van der Waals surface area contributed by atoms with Crippen LogP contribution in [0.25, 0.3) is 0 Å². The van der Waals surface area contributed by atoms with Crippen molar-refractivity contribution in [3.05, 3.63) is 43.1 Å². The Morgan fingerprint density at radius 2 is 2.31 bits per heavy atom. The maximum absolute atomic E-state index is 13.5. The Bertz CT molecular complexity index is 503. The number of hydrogen-bond donors (Lipinski definition) is 1. The van der Waals surface area contributed by atoms with Crippen LogP contribution in [0.5, 0.6) is 0 Å². The summed E-state index contributed by atoms with van der Waals surface area (Å²) in [4.78, 5) is 4.89. The average molecular weight is 369 g/mol. The first-order valence-electron chi connectivity index (χ1n) is 4.44. The number of nitrogens with zero attached hydrogens (tertiary/aromatic N) is 1. The molecule has 1 aromatic carbocycles. The van der Waals surface area contributed by atoms with Crippen molar-refractivity contribution >= 4 is 51.2 Å². The lowest BCUT2D eigenvalue weighted by atomic mass is 10.3. The molecule has 0 aliphatic carbocycles. The summed E-state index contributed by atoms with van der Waals surface area (Å²) in [5, 5.41) is 3.00. The maximum Gasteiger partial charge on any atom is 0.183 e. The molecule has 0 radical (unpaired) electrons. The van der Waals surface area contributed by atoms with Gasteiger partial charge in [0.15, 0.2) is 4.47 Å². The molecule has 0 aliphatic heterocycles. The molecule has 1 aromatic heterocycles. The van der Waals surface area contributed by atoms with Gasteiger partial charge in [0.1, 0.15) is 5.82 Å².